The molecule has 0 aliphatic rings. The number of rotatable bonds is 1. The van der Waals surface area contributed by atoms with Gasteiger partial charge >= 0.3 is 0 Å². The van der Waals surface area contributed by atoms with Crippen LogP contribution < -0.4 is 0 Å². The Morgan fingerprint density at radius 2 is 1.17 bits per heavy atom. The van der Waals surface area contributed by atoms with Gasteiger partial charge < -0.3 is 0 Å². The van der Waals surface area contributed by atoms with Crippen molar-refractivity contribution >= 4 is 43.1 Å². The topological polar surface area (TPSA) is 0 Å². The first-order valence-corrected chi connectivity index (χ1v) is 8.34. The van der Waals surface area contributed by atoms with Gasteiger partial charge in [0, 0.05) is 0 Å². The van der Waals surface area contributed by atoms with Crippen LogP contribution in [0.15, 0.2) is 66.7 Å². The lowest BCUT2D eigenvalue weighted by Gasteiger charge is -2.19. The number of hydrogen-bond donors (Lipinski definition) is 0. The second kappa shape index (κ2) is 4.45. The lowest BCUT2D eigenvalue weighted by atomic mass is 9.84. The zero-order chi connectivity index (χ0) is 15.6. The minimum absolute atomic E-state index is 0.504. The maximum Gasteiger partial charge on any atom is -0.00175 e. The van der Waals surface area contributed by atoms with Gasteiger partial charge in [0.2, 0.25) is 0 Å². The van der Waals surface area contributed by atoms with Crippen molar-refractivity contribution in [2.24, 2.45) is 0 Å². The third-order valence-corrected chi connectivity index (χ3v) is 5.15. The molecule has 0 N–H and O–H groups in total. The van der Waals surface area contributed by atoms with Crippen LogP contribution in [0.4, 0.5) is 0 Å². The summed E-state index contributed by atoms with van der Waals surface area (Å²) < 4.78 is 0. The molecule has 0 saturated carbocycles. The predicted molar refractivity (Wildman–Crippen MR) is 102 cm³/mol. The minimum atomic E-state index is 0.504. The second-order valence-corrected chi connectivity index (χ2v) is 6.79. The molecule has 0 fully saturated rings. The maximum atomic E-state index is 2.33. The molecule has 0 radical (unpaired) electrons. The fourth-order valence-electron chi connectivity index (χ4n) is 4.25. The average molecular weight is 294 g/mol. The molecule has 0 heterocycles. The van der Waals surface area contributed by atoms with Crippen LogP contribution in [0, 0.1) is 0 Å². The Bertz CT molecular complexity index is 1160. The van der Waals surface area contributed by atoms with E-state index in [2.05, 4.69) is 80.6 Å². The van der Waals surface area contributed by atoms with Gasteiger partial charge in [0.15, 0.2) is 0 Å². The molecule has 0 unspecified atom stereocenters. The summed E-state index contributed by atoms with van der Waals surface area (Å²) in [6.07, 6.45) is 0. The lowest BCUT2D eigenvalue weighted by molar-refractivity contribution is 0.885. The van der Waals surface area contributed by atoms with Crippen molar-refractivity contribution in [2.75, 3.05) is 0 Å². The summed E-state index contributed by atoms with van der Waals surface area (Å²) in [6, 6.07) is 24.7. The summed E-state index contributed by atoms with van der Waals surface area (Å²) >= 11 is 0. The molecule has 0 spiro atoms. The number of fused-ring (bicyclic) bond motifs is 2. The van der Waals surface area contributed by atoms with E-state index in [1.54, 1.807) is 0 Å². The molecule has 0 nitrogen and oxygen atoms in total. The zero-order valence-corrected chi connectivity index (χ0v) is 13.4. The molecule has 0 heteroatoms. The largest absolute Gasteiger partial charge is 0.0616 e. The average Bonchev–Trinajstić information content (AvgIpc) is 2.58. The SMILES string of the molecule is CC(C)c1c2ccccc2c2ccc3cccc4ccc1c2c43. The molecular weight excluding hydrogens is 276 g/mol. The smallest absolute Gasteiger partial charge is 0.00175 e. The van der Waals surface area contributed by atoms with Crippen molar-refractivity contribution in [3.8, 4) is 0 Å². The highest BCUT2D eigenvalue weighted by molar-refractivity contribution is 6.30. The van der Waals surface area contributed by atoms with E-state index in [0.29, 0.717) is 5.92 Å². The summed E-state index contributed by atoms with van der Waals surface area (Å²) in [5, 5.41) is 11.1. The normalized spacial score (nSPS) is 12.3. The van der Waals surface area contributed by atoms with E-state index in [4.69, 9.17) is 0 Å². The number of hydrogen-bond acceptors (Lipinski definition) is 0. The standard InChI is InChI=1S/C23H18/c1-14(2)21-18-9-4-3-8-17(18)19-12-10-15-6-5-7-16-11-13-20(21)23(19)22(15)16/h3-14H,1-2H3. The van der Waals surface area contributed by atoms with Crippen LogP contribution in [0.25, 0.3) is 43.1 Å². The summed E-state index contributed by atoms with van der Waals surface area (Å²) in [5.41, 5.74) is 1.48. The van der Waals surface area contributed by atoms with Gasteiger partial charge in [0.05, 0.1) is 0 Å². The third kappa shape index (κ3) is 1.61. The summed E-state index contributed by atoms with van der Waals surface area (Å²) in [6.45, 7) is 4.61. The second-order valence-electron chi connectivity index (χ2n) is 6.79. The molecule has 0 bridgehead atoms. The maximum absolute atomic E-state index is 2.33. The van der Waals surface area contributed by atoms with Crippen LogP contribution in [0.5, 0.6) is 0 Å². The van der Waals surface area contributed by atoms with Crippen molar-refractivity contribution in [1.82, 2.24) is 0 Å². The van der Waals surface area contributed by atoms with E-state index in [-0.39, 0.29) is 0 Å². The highest BCUT2D eigenvalue weighted by atomic mass is 14.2. The van der Waals surface area contributed by atoms with Crippen LogP contribution in [0.2, 0.25) is 0 Å². The highest BCUT2D eigenvalue weighted by Crippen LogP contribution is 2.42. The quantitative estimate of drug-likeness (QED) is 0.234. The van der Waals surface area contributed by atoms with Crippen LogP contribution >= 0.6 is 0 Å². The molecule has 0 aromatic heterocycles. The third-order valence-electron chi connectivity index (χ3n) is 5.15. The van der Waals surface area contributed by atoms with E-state index in [9.17, 15) is 0 Å². The van der Waals surface area contributed by atoms with Gasteiger partial charge in [-0.3, -0.25) is 0 Å². The van der Waals surface area contributed by atoms with Gasteiger partial charge in [0.1, 0.15) is 0 Å². The molecule has 110 valence electrons. The molecule has 0 amide bonds. The van der Waals surface area contributed by atoms with Gasteiger partial charge in [-0.2, -0.15) is 0 Å². The lowest BCUT2D eigenvalue weighted by Crippen LogP contribution is -1.95. The molecule has 0 aliphatic heterocycles. The van der Waals surface area contributed by atoms with E-state index in [1.165, 1.54) is 48.7 Å². The van der Waals surface area contributed by atoms with E-state index < -0.39 is 0 Å². The minimum Gasteiger partial charge on any atom is -0.0616 e. The van der Waals surface area contributed by atoms with Gasteiger partial charge in [-0.25, -0.2) is 0 Å². The van der Waals surface area contributed by atoms with Crippen LogP contribution in [0.1, 0.15) is 25.3 Å². The Balaban J connectivity index is 2.21. The van der Waals surface area contributed by atoms with Crippen LogP contribution in [-0.2, 0) is 0 Å². The Kier molecular flexibility index (Phi) is 2.50. The molecule has 5 rings (SSSR count). The zero-order valence-electron chi connectivity index (χ0n) is 13.4. The summed E-state index contributed by atoms with van der Waals surface area (Å²) in [4.78, 5) is 0. The Hall–Kier alpha value is -2.60. The fourth-order valence-corrected chi connectivity index (χ4v) is 4.25. The Labute approximate surface area is 135 Å². The molecule has 23 heavy (non-hydrogen) atoms. The predicted octanol–water partition coefficient (Wildman–Crippen LogP) is 6.86. The van der Waals surface area contributed by atoms with Crippen molar-refractivity contribution in [3.05, 3.63) is 72.3 Å². The van der Waals surface area contributed by atoms with E-state index in [0.717, 1.165) is 0 Å². The Morgan fingerprint density at radius 3 is 1.87 bits per heavy atom. The molecule has 0 atom stereocenters. The van der Waals surface area contributed by atoms with Crippen molar-refractivity contribution in [1.29, 1.82) is 0 Å². The van der Waals surface area contributed by atoms with Crippen molar-refractivity contribution < 1.29 is 0 Å². The molecule has 5 aromatic rings. The monoisotopic (exact) mass is 294 g/mol. The molecule has 0 saturated heterocycles. The first kappa shape index (κ1) is 12.9. The fraction of sp³-hybridized carbons (Fsp3) is 0.130. The summed E-state index contributed by atoms with van der Waals surface area (Å²) in [5.74, 6) is 0.504. The van der Waals surface area contributed by atoms with Gasteiger partial charge in [-0.1, -0.05) is 80.6 Å². The molecule has 5 aromatic carbocycles. The van der Waals surface area contributed by atoms with Gasteiger partial charge in [0.25, 0.3) is 0 Å². The molecular formula is C23H18. The first-order chi connectivity index (χ1) is 11.3. The number of benzene rings is 5. The van der Waals surface area contributed by atoms with Crippen molar-refractivity contribution in [3.63, 3.8) is 0 Å². The first-order valence-electron chi connectivity index (χ1n) is 8.34. The highest BCUT2D eigenvalue weighted by Gasteiger charge is 2.16. The van der Waals surface area contributed by atoms with E-state index in [1.807, 2.05) is 0 Å². The van der Waals surface area contributed by atoms with Gasteiger partial charge in [-0.15, -0.1) is 0 Å². The van der Waals surface area contributed by atoms with Gasteiger partial charge in [-0.05, 0) is 54.6 Å². The molecule has 0 aliphatic carbocycles. The van der Waals surface area contributed by atoms with E-state index >= 15 is 0 Å². The summed E-state index contributed by atoms with van der Waals surface area (Å²) in [7, 11) is 0. The van der Waals surface area contributed by atoms with Crippen LogP contribution in [0.3, 0.4) is 0 Å². The Morgan fingerprint density at radius 1 is 0.522 bits per heavy atom. The van der Waals surface area contributed by atoms with Crippen molar-refractivity contribution in [2.45, 2.75) is 19.8 Å². The van der Waals surface area contributed by atoms with Crippen LogP contribution in [-0.4, -0.2) is 0 Å².